The van der Waals surface area contributed by atoms with Gasteiger partial charge in [0, 0.05) is 17.7 Å². The minimum atomic E-state index is -3.21. The molecule has 0 spiro atoms. The fraction of sp³-hybridized carbons (Fsp3) is 0.412. The number of thiazole rings is 1. The van der Waals surface area contributed by atoms with Crippen molar-refractivity contribution in [1.82, 2.24) is 25.2 Å². The maximum Gasteiger partial charge on any atom is 0.156 e. The van der Waals surface area contributed by atoms with Gasteiger partial charge in [0.15, 0.2) is 15.7 Å². The van der Waals surface area contributed by atoms with E-state index in [2.05, 4.69) is 20.5 Å². The van der Waals surface area contributed by atoms with Crippen LogP contribution in [-0.4, -0.2) is 39.4 Å². The number of rotatable bonds is 8. The van der Waals surface area contributed by atoms with Crippen molar-refractivity contribution >= 4 is 21.2 Å². The molecule has 0 N–H and O–H groups in total. The van der Waals surface area contributed by atoms with Crippen molar-refractivity contribution < 1.29 is 8.42 Å². The van der Waals surface area contributed by atoms with Gasteiger partial charge in [0.25, 0.3) is 0 Å². The van der Waals surface area contributed by atoms with E-state index < -0.39 is 9.84 Å². The van der Waals surface area contributed by atoms with E-state index >= 15 is 0 Å². The molecule has 2 aromatic heterocycles. The van der Waals surface area contributed by atoms with Crippen LogP contribution in [0.15, 0.2) is 35.7 Å². The van der Waals surface area contributed by atoms with Gasteiger partial charge in [-0.15, -0.1) is 16.4 Å². The highest BCUT2D eigenvalue weighted by Gasteiger charge is 2.16. The zero-order valence-corrected chi connectivity index (χ0v) is 16.4. The van der Waals surface area contributed by atoms with E-state index in [1.807, 2.05) is 49.6 Å². The largest absolute Gasteiger partial charge is 0.245 e. The number of benzene rings is 1. The number of aromatic nitrogens is 5. The van der Waals surface area contributed by atoms with Gasteiger partial charge in [-0.3, -0.25) is 0 Å². The first kappa shape index (κ1) is 18.7. The van der Waals surface area contributed by atoms with Gasteiger partial charge >= 0.3 is 0 Å². The molecule has 0 aliphatic heterocycles. The highest BCUT2D eigenvalue weighted by Crippen LogP contribution is 2.20. The molecule has 0 saturated heterocycles. The first-order valence-corrected chi connectivity index (χ1v) is 11.1. The van der Waals surface area contributed by atoms with Crippen LogP contribution in [-0.2, 0) is 22.0 Å². The smallest absolute Gasteiger partial charge is 0.156 e. The average molecular weight is 392 g/mol. The third-order valence-electron chi connectivity index (χ3n) is 3.82. The lowest BCUT2D eigenvalue weighted by Crippen LogP contribution is -2.12. The SMILES string of the molecule is CC(C)c1nc(CS(=O)(=O)CCCc2nnnn2-c2ccccc2)cs1. The lowest BCUT2D eigenvalue weighted by molar-refractivity contribution is 0.591. The van der Waals surface area contributed by atoms with E-state index in [-0.39, 0.29) is 11.5 Å². The molecular formula is C17H21N5O2S2. The Hall–Kier alpha value is -2.13. The van der Waals surface area contributed by atoms with Crippen LogP contribution in [0.2, 0.25) is 0 Å². The highest BCUT2D eigenvalue weighted by atomic mass is 32.2. The minimum Gasteiger partial charge on any atom is -0.245 e. The second-order valence-corrected chi connectivity index (χ2v) is 9.44. The predicted molar refractivity (Wildman–Crippen MR) is 101 cm³/mol. The summed E-state index contributed by atoms with van der Waals surface area (Å²) in [5.74, 6) is 1.04. The first-order valence-electron chi connectivity index (χ1n) is 8.42. The highest BCUT2D eigenvalue weighted by molar-refractivity contribution is 7.90. The number of tetrazole rings is 1. The molecule has 0 atom stereocenters. The molecule has 0 aliphatic rings. The van der Waals surface area contributed by atoms with Gasteiger partial charge in [-0.05, 0) is 29.0 Å². The number of nitrogens with zero attached hydrogens (tertiary/aromatic N) is 5. The third-order valence-corrected chi connectivity index (χ3v) is 6.66. The van der Waals surface area contributed by atoms with Gasteiger partial charge in [-0.2, -0.15) is 4.68 Å². The molecule has 26 heavy (non-hydrogen) atoms. The molecule has 138 valence electrons. The summed E-state index contributed by atoms with van der Waals surface area (Å²) in [6.07, 6.45) is 0.964. The third kappa shape index (κ3) is 4.73. The van der Waals surface area contributed by atoms with Crippen LogP contribution in [0, 0.1) is 0 Å². The van der Waals surface area contributed by atoms with E-state index in [1.54, 1.807) is 4.68 Å². The van der Waals surface area contributed by atoms with Crippen molar-refractivity contribution in [2.75, 3.05) is 5.75 Å². The van der Waals surface area contributed by atoms with Gasteiger partial charge in [0.2, 0.25) is 0 Å². The molecule has 1 aromatic carbocycles. The molecule has 0 amide bonds. The van der Waals surface area contributed by atoms with Crippen LogP contribution >= 0.6 is 11.3 Å². The molecule has 0 saturated carbocycles. The number of hydrogen-bond acceptors (Lipinski definition) is 7. The van der Waals surface area contributed by atoms with Crippen LogP contribution in [0.5, 0.6) is 0 Å². The van der Waals surface area contributed by atoms with Crippen molar-refractivity contribution in [1.29, 1.82) is 0 Å². The topological polar surface area (TPSA) is 90.6 Å². The molecule has 7 nitrogen and oxygen atoms in total. The average Bonchev–Trinajstić information content (AvgIpc) is 3.24. The molecule has 2 heterocycles. The summed E-state index contributed by atoms with van der Waals surface area (Å²) in [5, 5.41) is 14.5. The van der Waals surface area contributed by atoms with Crippen molar-refractivity contribution in [3.05, 3.63) is 52.2 Å². The lowest BCUT2D eigenvalue weighted by atomic mass is 10.2. The summed E-state index contributed by atoms with van der Waals surface area (Å²) in [5.41, 5.74) is 1.49. The lowest BCUT2D eigenvalue weighted by Gasteiger charge is -2.05. The van der Waals surface area contributed by atoms with Gasteiger partial charge in [0.1, 0.15) is 0 Å². The van der Waals surface area contributed by atoms with Crippen LogP contribution in [0.3, 0.4) is 0 Å². The molecule has 9 heteroatoms. The summed E-state index contributed by atoms with van der Waals surface area (Å²) in [4.78, 5) is 4.41. The standard InChI is InChI=1S/C17H21N5O2S2/c1-13(2)17-18-14(11-25-17)12-26(23,24)10-6-9-16-19-20-21-22(16)15-7-4-3-5-8-15/h3-5,7-8,11,13H,6,9-10,12H2,1-2H3. The van der Waals surface area contributed by atoms with Gasteiger partial charge in [-0.1, -0.05) is 32.0 Å². The Morgan fingerprint density at radius 2 is 1.96 bits per heavy atom. The maximum atomic E-state index is 12.4. The van der Waals surface area contributed by atoms with Crippen LogP contribution in [0.4, 0.5) is 0 Å². The number of aryl methyl sites for hydroxylation is 1. The van der Waals surface area contributed by atoms with Crippen molar-refractivity contribution in [2.24, 2.45) is 0 Å². The van der Waals surface area contributed by atoms with E-state index in [1.165, 1.54) is 11.3 Å². The van der Waals surface area contributed by atoms with Crippen molar-refractivity contribution in [3.63, 3.8) is 0 Å². The minimum absolute atomic E-state index is 0.0140. The summed E-state index contributed by atoms with van der Waals surface area (Å²) >= 11 is 1.51. The Bertz CT molecular complexity index is 948. The van der Waals surface area contributed by atoms with Gasteiger partial charge < -0.3 is 0 Å². The molecule has 0 bridgehead atoms. The van der Waals surface area contributed by atoms with E-state index in [0.717, 1.165) is 10.7 Å². The molecule has 3 aromatic rings. The summed E-state index contributed by atoms with van der Waals surface area (Å²) in [7, 11) is -3.21. The zero-order chi connectivity index (χ0) is 18.6. The Morgan fingerprint density at radius 1 is 1.19 bits per heavy atom. The molecule has 0 fully saturated rings. The fourth-order valence-electron chi connectivity index (χ4n) is 2.53. The van der Waals surface area contributed by atoms with E-state index in [4.69, 9.17) is 0 Å². The molecule has 0 aliphatic carbocycles. The summed E-state index contributed by atoms with van der Waals surface area (Å²) < 4.78 is 26.4. The molecule has 0 unspecified atom stereocenters. The predicted octanol–water partition coefficient (Wildman–Crippen LogP) is 2.79. The van der Waals surface area contributed by atoms with Gasteiger partial charge in [-0.25, -0.2) is 13.4 Å². The normalized spacial score (nSPS) is 12.0. The van der Waals surface area contributed by atoms with Crippen molar-refractivity contribution in [3.8, 4) is 5.69 Å². The number of sulfone groups is 1. The number of hydrogen-bond donors (Lipinski definition) is 0. The summed E-state index contributed by atoms with van der Waals surface area (Å²) in [6.45, 7) is 4.10. The van der Waals surface area contributed by atoms with Crippen LogP contribution in [0.1, 0.15) is 42.7 Å². The Labute approximate surface area is 157 Å². The van der Waals surface area contributed by atoms with Crippen LogP contribution < -0.4 is 0 Å². The second kappa shape index (κ2) is 8.05. The number of para-hydroxylation sites is 1. The molecule has 0 radical (unpaired) electrons. The summed E-state index contributed by atoms with van der Waals surface area (Å²) in [6, 6.07) is 9.55. The first-order chi connectivity index (χ1) is 12.4. The Kier molecular flexibility index (Phi) is 5.77. The zero-order valence-electron chi connectivity index (χ0n) is 14.7. The monoisotopic (exact) mass is 391 g/mol. The maximum absolute atomic E-state index is 12.4. The van der Waals surface area contributed by atoms with Crippen LogP contribution in [0.25, 0.3) is 5.69 Å². The molecule has 3 rings (SSSR count). The second-order valence-electron chi connectivity index (χ2n) is 6.37. The van der Waals surface area contributed by atoms with E-state index in [9.17, 15) is 8.42 Å². The van der Waals surface area contributed by atoms with E-state index in [0.29, 0.717) is 30.3 Å². The van der Waals surface area contributed by atoms with Crippen molar-refractivity contribution in [2.45, 2.75) is 38.4 Å². The Morgan fingerprint density at radius 3 is 2.65 bits per heavy atom. The van der Waals surface area contributed by atoms with Gasteiger partial charge in [0.05, 0.1) is 27.9 Å². The molecular weight excluding hydrogens is 370 g/mol. The Balaban J connectivity index is 1.58. The quantitative estimate of drug-likeness (QED) is 0.586. The fourth-order valence-corrected chi connectivity index (χ4v) is 4.80.